The molecule has 4 nitrogen and oxygen atoms in total. The largest absolute Gasteiger partial charge is 0.271 e. The Kier molecular flexibility index (Phi) is 2.38. The molecular weight excluding hydrogens is 200 g/mol. The zero-order valence-electron chi connectivity index (χ0n) is 9.13. The van der Waals surface area contributed by atoms with Crippen LogP contribution in [0.3, 0.4) is 0 Å². The standard InChI is InChI=1S/C12H16N4/c13-15-11(7-9-4-5-9)10-8-14-16-6-2-1-3-12(10)16/h1-3,6,8-9,11,15H,4-5,7,13H2. The van der Waals surface area contributed by atoms with Gasteiger partial charge in [0.1, 0.15) is 0 Å². The van der Waals surface area contributed by atoms with Gasteiger partial charge in [-0.15, -0.1) is 0 Å². The average molecular weight is 216 g/mol. The SMILES string of the molecule is NNC(CC1CC1)c1cnn2ccccc12. The van der Waals surface area contributed by atoms with Crippen LogP contribution in [0.4, 0.5) is 0 Å². The molecule has 1 unspecified atom stereocenters. The molecule has 0 saturated heterocycles. The first-order chi connectivity index (χ1) is 7.88. The van der Waals surface area contributed by atoms with Crippen LogP contribution in [0.1, 0.15) is 30.9 Å². The fraction of sp³-hybridized carbons (Fsp3) is 0.417. The molecule has 1 saturated carbocycles. The van der Waals surface area contributed by atoms with Crippen LogP contribution >= 0.6 is 0 Å². The first kappa shape index (κ1) is 9.81. The van der Waals surface area contributed by atoms with Gasteiger partial charge in [-0.05, 0) is 24.5 Å². The normalized spacial score (nSPS) is 17.8. The van der Waals surface area contributed by atoms with Crippen molar-refractivity contribution in [1.29, 1.82) is 0 Å². The van der Waals surface area contributed by atoms with Crippen molar-refractivity contribution in [2.45, 2.75) is 25.3 Å². The molecule has 2 heterocycles. The Balaban J connectivity index is 1.95. The van der Waals surface area contributed by atoms with Gasteiger partial charge in [-0.3, -0.25) is 11.3 Å². The number of rotatable bonds is 4. The molecule has 0 aliphatic heterocycles. The Morgan fingerprint density at radius 2 is 2.38 bits per heavy atom. The highest BCUT2D eigenvalue weighted by molar-refractivity contribution is 5.54. The van der Waals surface area contributed by atoms with Gasteiger partial charge in [0.2, 0.25) is 0 Å². The summed E-state index contributed by atoms with van der Waals surface area (Å²) in [5.41, 5.74) is 5.26. The molecular formula is C12H16N4. The summed E-state index contributed by atoms with van der Waals surface area (Å²) in [5, 5.41) is 4.34. The number of fused-ring (bicyclic) bond motifs is 1. The van der Waals surface area contributed by atoms with Crippen LogP contribution in [-0.2, 0) is 0 Å². The maximum atomic E-state index is 5.64. The first-order valence-electron chi connectivity index (χ1n) is 5.77. The van der Waals surface area contributed by atoms with Gasteiger partial charge in [0.05, 0.1) is 11.7 Å². The van der Waals surface area contributed by atoms with Crippen LogP contribution in [0, 0.1) is 5.92 Å². The smallest absolute Gasteiger partial charge is 0.0709 e. The van der Waals surface area contributed by atoms with E-state index in [9.17, 15) is 0 Å². The van der Waals surface area contributed by atoms with Crippen LogP contribution in [-0.4, -0.2) is 9.61 Å². The number of nitrogens with zero attached hydrogens (tertiary/aromatic N) is 2. The van der Waals surface area contributed by atoms with E-state index in [2.05, 4.69) is 16.6 Å². The summed E-state index contributed by atoms with van der Waals surface area (Å²) in [6.07, 6.45) is 7.69. The number of nitrogens with two attached hydrogens (primary N) is 1. The van der Waals surface area contributed by atoms with Crippen molar-refractivity contribution in [3.63, 3.8) is 0 Å². The number of nitrogens with one attached hydrogen (secondary N) is 1. The molecule has 0 radical (unpaired) electrons. The molecule has 3 rings (SSSR count). The van der Waals surface area contributed by atoms with E-state index in [0.29, 0.717) is 0 Å². The summed E-state index contributed by atoms with van der Waals surface area (Å²) in [4.78, 5) is 0. The molecule has 0 amide bonds. The Bertz CT molecular complexity index is 486. The van der Waals surface area contributed by atoms with Crippen LogP contribution in [0.5, 0.6) is 0 Å². The van der Waals surface area contributed by atoms with E-state index in [0.717, 1.165) is 17.9 Å². The second-order valence-corrected chi connectivity index (χ2v) is 4.53. The fourth-order valence-electron chi connectivity index (χ4n) is 2.19. The Labute approximate surface area is 94.4 Å². The fourth-order valence-corrected chi connectivity index (χ4v) is 2.19. The van der Waals surface area contributed by atoms with Gasteiger partial charge >= 0.3 is 0 Å². The predicted molar refractivity (Wildman–Crippen MR) is 62.6 cm³/mol. The van der Waals surface area contributed by atoms with Crippen molar-refractivity contribution in [3.05, 3.63) is 36.2 Å². The highest BCUT2D eigenvalue weighted by Crippen LogP contribution is 2.38. The quantitative estimate of drug-likeness (QED) is 0.603. The van der Waals surface area contributed by atoms with E-state index in [1.807, 2.05) is 29.0 Å². The summed E-state index contributed by atoms with van der Waals surface area (Å²) in [7, 11) is 0. The van der Waals surface area contributed by atoms with Crippen LogP contribution < -0.4 is 11.3 Å². The lowest BCUT2D eigenvalue weighted by molar-refractivity contribution is 0.490. The molecule has 4 heteroatoms. The van der Waals surface area contributed by atoms with Crippen LogP contribution in [0.25, 0.3) is 5.52 Å². The third-order valence-electron chi connectivity index (χ3n) is 3.30. The lowest BCUT2D eigenvalue weighted by Crippen LogP contribution is -2.28. The molecule has 2 aromatic heterocycles. The highest BCUT2D eigenvalue weighted by Gasteiger charge is 2.27. The second kappa shape index (κ2) is 3.88. The summed E-state index contributed by atoms with van der Waals surface area (Å²) in [5.74, 6) is 6.49. The molecule has 1 atom stereocenters. The molecule has 2 aromatic rings. The Morgan fingerprint density at radius 3 is 3.12 bits per heavy atom. The number of hydrogen-bond donors (Lipinski definition) is 2. The Hall–Kier alpha value is -1.39. The van der Waals surface area contributed by atoms with Gasteiger partial charge in [-0.25, -0.2) is 4.52 Å². The molecule has 3 N–H and O–H groups in total. The summed E-state index contributed by atoms with van der Waals surface area (Å²) in [6, 6.07) is 6.33. The third-order valence-corrected chi connectivity index (χ3v) is 3.30. The molecule has 1 aliphatic rings. The minimum absolute atomic E-state index is 0.229. The molecule has 1 aliphatic carbocycles. The molecule has 84 valence electrons. The molecule has 0 aromatic carbocycles. The zero-order chi connectivity index (χ0) is 11.0. The van der Waals surface area contributed by atoms with Gasteiger partial charge in [0.15, 0.2) is 0 Å². The van der Waals surface area contributed by atoms with E-state index in [1.54, 1.807) is 0 Å². The zero-order valence-corrected chi connectivity index (χ0v) is 9.13. The van der Waals surface area contributed by atoms with Gasteiger partial charge < -0.3 is 0 Å². The highest BCUT2D eigenvalue weighted by atomic mass is 15.3. The molecule has 0 bridgehead atoms. The Morgan fingerprint density at radius 1 is 1.50 bits per heavy atom. The maximum absolute atomic E-state index is 5.64. The number of hydrogen-bond acceptors (Lipinski definition) is 3. The summed E-state index contributed by atoms with van der Waals surface area (Å²) < 4.78 is 1.90. The van der Waals surface area contributed by atoms with Crippen molar-refractivity contribution in [1.82, 2.24) is 15.0 Å². The minimum atomic E-state index is 0.229. The topological polar surface area (TPSA) is 55.3 Å². The molecule has 16 heavy (non-hydrogen) atoms. The van der Waals surface area contributed by atoms with Crippen molar-refractivity contribution in [2.75, 3.05) is 0 Å². The first-order valence-corrected chi connectivity index (χ1v) is 5.77. The van der Waals surface area contributed by atoms with Crippen molar-refractivity contribution < 1.29 is 0 Å². The summed E-state index contributed by atoms with van der Waals surface area (Å²) in [6.45, 7) is 0. The van der Waals surface area contributed by atoms with Gasteiger partial charge in [-0.1, -0.05) is 18.9 Å². The second-order valence-electron chi connectivity index (χ2n) is 4.53. The third kappa shape index (κ3) is 1.70. The lowest BCUT2D eigenvalue weighted by Gasteiger charge is -2.14. The minimum Gasteiger partial charge on any atom is -0.271 e. The van der Waals surface area contributed by atoms with Gasteiger partial charge in [0, 0.05) is 17.8 Å². The van der Waals surface area contributed by atoms with E-state index >= 15 is 0 Å². The van der Waals surface area contributed by atoms with Crippen molar-refractivity contribution >= 4 is 5.52 Å². The molecule has 1 fully saturated rings. The van der Waals surface area contributed by atoms with E-state index < -0.39 is 0 Å². The van der Waals surface area contributed by atoms with Crippen molar-refractivity contribution in [2.24, 2.45) is 11.8 Å². The number of pyridine rings is 1. The van der Waals surface area contributed by atoms with Crippen LogP contribution in [0.15, 0.2) is 30.6 Å². The number of aromatic nitrogens is 2. The van der Waals surface area contributed by atoms with E-state index in [4.69, 9.17) is 5.84 Å². The van der Waals surface area contributed by atoms with Crippen molar-refractivity contribution in [3.8, 4) is 0 Å². The monoisotopic (exact) mass is 216 g/mol. The van der Waals surface area contributed by atoms with Crippen LogP contribution in [0.2, 0.25) is 0 Å². The maximum Gasteiger partial charge on any atom is 0.0709 e. The predicted octanol–water partition coefficient (Wildman–Crippen LogP) is 1.64. The van der Waals surface area contributed by atoms with Gasteiger partial charge in [0.25, 0.3) is 0 Å². The van der Waals surface area contributed by atoms with Gasteiger partial charge in [-0.2, -0.15) is 5.10 Å². The summed E-state index contributed by atoms with van der Waals surface area (Å²) >= 11 is 0. The van der Waals surface area contributed by atoms with E-state index in [-0.39, 0.29) is 6.04 Å². The average Bonchev–Trinajstić information content (AvgIpc) is 3.04. The lowest BCUT2D eigenvalue weighted by atomic mass is 10.0. The van der Waals surface area contributed by atoms with E-state index in [1.165, 1.54) is 18.4 Å². The molecule has 0 spiro atoms. The number of hydrazine groups is 1.